The largest absolute Gasteiger partial charge is 0.494 e. The highest BCUT2D eigenvalue weighted by atomic mass is 19.3. The van der Waals surface area contributed by atoms with Crippen molar-refractivity contribution in [2.75, 3.05) is 49.5 Å². The van der Waals surface area contributed by atoms with Crippen molar-refractivity contribution in [3.05, 3.63) is 53.1 Å². The van der Waals surface area contributed by atoms with Crippen molar-refractivity contribution in [1.29, 1.82) is 0 Å². The van der Waals surface area contributed by atoms with Crippen LogP contribution in [0.1, 0.15) is 41.9 Å². The average molecular weight is 468 g/mol. The predicted molar refractivity (Wildman–Crippen MR) is 128 cm³/mol. The van der Waals surface area contributed by atoms with E-state index in [1.54, 1.807) is 0 Å². The van der Waals surface area contributed by atoms with Gasteiger partial charge in [-0.3, -0.25) is 9.69 Å². The normalized spacial score (nSPS) is 24.8. The Morgan fingerprint density at radius 3 is 2.74 bits per heavy atom. The molecule has 4 aliphatic rings. The molecule has 1 N–H and O–H groups in total. The summed E-state index contributed by atoms with van der Waals surface area (Å²) in [6, 6.07) is 11.8. The molecule has 0 unspecified atom stereocenters. The molecule has 2 aliphatic carbocycles. The minimum atomic E-state index is -2.60. The van der Waals surface area contributed by atoms with Crippen LogP contribution in [0.3, 0.4) is 0 Å². The molecule has 1 amide bonds. The van der Waals surface area contributed by atoms with Crippen LogP contribution in [-0.2, 0) is 17.6 Å². The van der Waals surface area contributed by atoms with Crippen molar-refractivity contribution < 1.29 is 18.3 Å². The summed E-state index contributed by atoms with van der Waals surface area (Å²) in [5.41, 5.74) is 4.80. The lowest BCUT2D eigenvalue weighted by Crippen LogP contribution is -2.47. The number of amides is 1. The van der Waals surface area contributed by atoms with Crippen molar-refractivity contribution in [2.45, 2.75) is 43.9 Å². The van der Waals surface area contributed by atoms with Crippen LogP contribution in [0.5, 0.6) is 5.75 Å². The van der Waals surface area contributed by atoms with E-state index in [1.165, 1.54) is 5.56 Å². The lowest BCUT2D eigenvalue weighted by Gasteiger charge is -2.37. The van der Waals surface area contributed by atoms with Crippen LogP contribution in [0.2, 0.25) is 0 Å². The molecule has 6 rings (SSSR count). The van der Waals surface area contributed by atoms with E-state index in [1.807, 2.05) is 30.3 Å². The number of nitrogens with one attached hydrogen (secondary N) is 1. The van der Waals surface area contributed by atoms with E-state index in [0.717, 1.165) is 80.2 Å². The Hall–Kier alpha value is -2.67. The fourth-order valence-corrected chi connectivity index (χ4v) is 5.84. The zero-order valence-electron chi connectivity index (χ0n) is 19.4. The van der Waals surface area contributed by atoms with E-state index in [-0.39, 0.29) is 24.7 Å². The van der Waals surface area contributed by atoms with Gasteiger partial charge in [0.15, 0.2) is 0 Å². The summed E-state index contributed by atoms with van der Waals surface area (Å²) in [6.45, 7) is 5.33. The van der Waals surface area contributed by atoms with E-state index >= 15 is 0 Å². The first-order valence-electron chi connectivity index (χ1n) is 12.5. The maximum atomic E-state index is 13.9. The number of alkyl halides is 2. The number of carbonyl (C=O) groups excluding carboxylic acids is 1. The topological polar surface area (TPSA) is 44.8 Å². The number of rotatable bonds is 7. The molecule has 1 saturated heterocycles. The Morgan fingerprint density at radius 2 is 1.88 bits per heavy atom. The number of unbranched alkanes of at least 4 members (excludes halogenated alkanes) is 1. The Bertz CT molecular complexity index is 1100. The first-order valence-corrected chi connectivity index (χ1v) is 12.5. The van der Waals surface area contributed by atoms with Gasteiger partial charge in [0.1, 0.15) is 5.75 Å². The SMILES string of the molecule is O=C1Nc2cc(OCCCCN3CCN(c4cccc5c4CC(F)(F)C5)CC3)ccc2[C@H]2C[C@@H]12. The van der Waals surface area contributed by atoms with Gasteiger partial charge in [0, 0.05) is 62.4 Å². The molecule has 34 heavy (non-hydrogen) atoms. The molecular formula is C27H31F2N3O2. The van der Waals surface area contributed by atoms with Crippen molar-refractivity contribution in [3.63, 3.8) is 0 Å². The van der Waals surface area contributed by atoms with Crippen LogP contribution in [0, 0.1) is 5.92 Å². The van der Waals surface area contributed by atoms with Gasteiger partial charge in [0.2, 0.25) is 5.91 Å². The molecular weight excluding hydrogens is 436 g/mol. The Labute approximate surface area is 199 Å². The van der Waals surface area contributed by atoms with Gasteiger partial charge in [0.25, 0.3) is 5.92 Å². The van der Waals surface area contributed by atoms with Gasteiger partial charge in [0.05, 0.1) is 6.61 Å². The maximum Gasteiger partial charge on any atom is 0.256 e. The molecule has 1 saturated carbocycles. The molecule has 0 radical (unpaired) electrons. The van der Waals surface area contributed by atoms with Gasteiger partial charge >= 0.3 is 0 Å². The molecule has 0 spiro atoms. The summed E-state index contributed by atoms with van der Waals surface area (Å²) in [7, 11) is 0. The molecule has 7 heteroatoms. The Morgan fingerprint density at radius 1 is 1.03 bits per heavy atom. The average Bonchev–Trinajstić information content (AvgIpc) is 3.56. The highest BCUT2D eigenvalue weighted by molar-refractivity contribution is 5.99. The molecule has 2 heterocycles. The number of halogens is 2. The van der Waals surface area contributed by atoms with Crippen molar-refractivity contribution >= 4 is 17.3 Å². The third-order valence-electron chi connectivity index (χ3n) is 7.79. The molecule has 2 aliphatic heterocycles. The van der Waals surface area contributed by atoms with Crippen LogP contribution in [0.15, 0.2) is 36.4 Å². The Balaban J connectivity index is 0.934. The molecule has 0 bridgehead atoms. The summed E-state index contributed by atoms with van der Waals surface area (Å²) in [4.78, 5) is 16.7. The summed E-state index contributed by atoms with van der Waals surface area (Å²) < 4.78 is 33.8. The fourth-order valence-electron chi connectivity index (χ4n) is 5.84. The summed E-state index contributed by atoms with van der Waals surface area (Å²) in [5, 5.41) is 3.00. The molecule has 2 aromatic carbocycles. The monoisotopic (exact) mass is 467 g/mol. The zero-order valence-corrected chi connectivity index (χ0v) is 19.4. The minimum Gasteiger partial charge on any atom is -0.494 e. The number of benzene rings is 2. The van der Waals surface area contributed by atoms with E-state index in [0.29, 0.717) is 12.5 Å². The second kappa shape index (κ2) is 8.52. The third kappa shape index (κ3) is 4.26. The molecule has 0 aromatic heterocycles. The number of fused-ring (bicyclic) bond motifs is 4. The zero-order chi connectivity index (χ0) is 23.3. The van der Waals surface area contributed by atoms with Crippen LogP contribution in [-0.4, -0.2) is 56.1 Å². The quantitative estimate of drug-likeness (QED) is 0.611. The lowest BCUT2D eigenvalue weighted by molar-refractivity contribution is -0.117. The fraction of sp³-hybridized carbons (Fsp3) is 0.519. The van der Waals surface area contributed by atoms with Crippen LogP contribution in [0.4, 0.5) is 20.2 Å². The maximum absolute atomic E-state index is 13.9. The number of anilines is 2. The third-order valence-corrected chi connectivity index (χ3v) is 7.79. The van der Waals surface area contributed by atoms with Crippen LogP contribution in [0.25, 0.3) is 0 Å². The van der Waals surface area contributed by atoms with E-state index < -0.39 is 5.92 Å². The highest BCUT2D eigenvalue weighted by Gasteiger charge is 2.48. The van der Waals surface area contributed by atoms with E-state index in [2.05, 4.69) is 21.2 Å². The summed E-state index contributed by atoms with van der Waals surface area (Å²) >= 11 is 0. The van der Waals surface area contributed by atoms with Crippen molar-refractivity contribution in [3.8, 4) is 5.75 Å². The smallest absolute Gasteiger partial charge is 0.256 e. The van der Waals surface area contributed by atoms with E-state index in [9.17, 15) is 13.6 Å². The number of ether oxygens (including phenoxy) is 1. The van der Waals surface area contributed by atoms with Gasteiger partial charge in [-0.1, -0.05) is 18.2 Å². The van der Waals surface area contributed by atoms with Crippen LogP contribution < -0.4 is 15.0 Å². The van der Waals surface area contributed by atoms with Crippen molar-refractivity contribution in [1.82, 2.24) is 4.90 Å². The predicted octanol–water partition coefficient (Wildman–Crippen LogP) is 4.46. The second-order valence-electron chi connectivity index (χ2n) is 10.2. The van der Waals surface area contributed by atoms with Crippen LogP contribution >= 0.6 is 0 Å². The molecule has 5 nitrogen and oxygen atoms in total. The molecule has 2 aromatic rings. The standard InChI is InChI=1S/C27H31F2N3O2/c28-27(29)16-18-4-3-5-25(23(18)17-27)32-11-9-31(10-12-32)8-1-2-13-34-19-6-7-20-21-15-22(21)26(33)30-24(20)14-19/h3-7,14,21-22H,1-2,8-13,15-17H2,(H,30,33)/t21-,22-/m1/s1. The van der Waals surface area contributed by atoms with Gasteiger partial charge in [-0.2, -0.15) is 0 Å². The van der Waals surface area contributed by atoms with Gasteiger partial charge in [-0.15, -0.1) is 0 Å². The summed E-state index contributed by atoms with van der Waals surface area (Å²) in [6.07, 6.45) is 2.74. The van der Waals surface area contributed by atoms with Gasteiger partial charge < -0.3 is 15.0 Å². The first kappa shape index (κ1) is 21.8. The first-order chi connectivity index (χ1) is 16.5. The Kier molecular flexibility index (Phi) is 5.47. The number of piperazine rings is 1. The number of nitrogens with zero attached hydrogens (tertiary/aromatic N) is 2. The number of hydrogen-bond donors (Lipinski definition) is 1. The summed E-state index contributed by atoms with van der Waals surface area (Å²) in [5.74, 6) is -1.06. The number of hydrogen-bond acceptors (Lipinski definition) is 4. The van der Waals surface area contributed by atoms with Gasteiger partial charge in [-0.05, 0) is 60.5 Å². The highest BCUT2D eigenvalue weighted by Crippen LogP contribution is 2.53. The molecule has 2 atom stereocenters. The second-order valence-corrected chi connectivity index (χ2v) is 10.2. The molecule has 180 valence electrons. The van der Waals surface area contributed by atoms with Crippen molar-refractivity contribution in [2.24, 2.45) is 5.92 Å². The minimum absolute atomic E-state index is 0.126. The number of carbonyl (C=O) groups is 1. The lowest BCUT2D eigenvalue weighted by atomic mass is 10.0. The van der Waals surface area contributed by atoms with Gasteiger partial charge in [-0.25, -0.2) is 8.78 Å². The van der Waals surface area contributed by atoms with E-state index in [4.69, 9.17) is 4.74 Å². The molecule has 2 fully saturated rings.